The van der Waals surface area contributed by atoms with Gasteiger partial charge in [0.25, 0.3) is 0 Å². The standard InChI is InChI=1S/C24H21FN2O3/c25-17-8-10-18(11-9-17)26-22(28)19(12-14-4-2-1-3-5-14)27-23(29)20-15-6-7-16(13-15)21(20)24(27)30/h1-11,15-16,19-21H,12-13H2,(H,26,28)/t15-,16-,19+,20-,21-/m0/s1. The van der Waals surface area contributed by atoms with Crippen molar-refractivity contribution in [2.75, 3.05) is 5.32 Å². The lowest BCUT2D eigenvalue weighted by molar-refractivity contribution is -0.147. The Morgan fingerprint density at radius 2 is 1.57 bits per heavy atom. The largest absolute Gasteiger partial charge is 0.324 e. The summed E-state index contributed by atoms with van der Waals surface area (Å²) in [5, 5.41) is 2.74. The number of carbonyl (C=O) groups is 3. The second kappa shape index (κ2) is 7.20. The number of nitrogens with zero attached hydrogens (tertiary/aromatic N) is 1. The van der Waals surface area contributed by atoms with E-state index in [0.717, 1.165) is 12.0 Å². The molecule has 1 aliphatic heterocycles. The molecule has 30 heavy (non-hydrogen) atoms. The highest BCUT2D eigenvalue weighted by molar-refractivity contribution is 6.10. The number of hydrogen-bond acceptors (Lipinski definition) is 3. The fourth-order valence-corrected chi connectivity index (χ4v) is 5.13. The Bertz CT molecular complexity index is 1000. The molecule has 1 N–H and O–H groups in total. The van der Waals surface area contributed by atoms with Crippen LogP contribution in [0, 0.1) is 29.5 Å². The van der Waals surface area contributed by atoms with Crippen molar-refractivity contribution in [3.63, 3.8) is 0 Å². The second-order valence-electron chi connectivity index (χ2n) is 8.25. The van der Waals surface area contributed by atoms with E-state index < -0.39 is 17.8 Å². The molecule has 3 aliphatic rings. The molecular formula is C24H21FN2O3. The number of nitrogens with one attached hydrogen (secondary N) is 1. The summed E-state index contributed by atoms with van der Waals surface area (Å²) in [6, 6.07) is 13.8. The van der Waals surface area contributed by atoms with Gasteiger partial charge in [0.15, 0.2) is 0 Å². The minimum atomic E-state index is -0.956. The Kier molecular flexibility index (Phi) is 4.50. The highest BCUT2D eigenvalue weighted by Crippen LogP contribution is 2.53. The first kappa shape index (κ1) is 18.7. The highest BCUT2D eigenvalue weighted by Gasteiger charge is 2.61. The highest BCUT2D eigenvalue weighted by atomic mass is 19.1. The van der Waals surface area contributed by atoms with Crippen molar-refractivity contribution in [3.05, 3.63) is 78.1 Å². The number of amides is 3. The molecule has 0 spiro atoms. The predicted molar refractivity (Wildman–Crippen MR) is 109 cm³/mol. The van der Waals surface area contributed by atoms with Crippen LogP contribution >= 0.6 is 0 Å². The van der Waals surface area contributed by atoms with E-state index in [1.165, 1.54) is 29.2 Å². The van der Waals surface area contributed by atoms with Gasteiger partial charge in [0.2, 0.25) is 17.7 Å². The van der Waals surface area contributed by atoms with E-state index in [-0.39, 0.29) is 41.9 Å². The van der Waals surface area contributed by atoms with Crippen molar-refractivity contribution < 1.29 is 18.8 Å². The summed E-state index contributed by atoms with van der Waals surface area (Å²) in [6.45, 7) is 0. The molecule has 1 saturated carbocycles. The summed E-state index contributed by atoms with van der Waals surface area (Å²) in [5.74, 6) is -1.91. The average molecular weight is 404 g/mol. The van der Waals surface area contributed by atoms with Crippen LogP contribution in [0.5, 0.6) is 0 Å². The molecule has 5 rings (SSSR count). The third kappa shape index (κ3) is 3.03. The van der Waals surface area contributed by atoms with E-state index in [4.69, 9.17) is 0 Å². The van der Waals surface area contributed by atoms with Gasteiger partial charge in [0, 0.05) is 12.1 Å². The Morgan fingerprint density at radius 1 is 0.967 bits per heavy atom. The van der Waals surface area contributed by atoms with E-state index in [9.17, 15) is 18.8 Å². The second-order valence-corrected chi connectivity index (χ2v) is 8.25. The maximum atomic E-state index is 13.3. The van der Waals surface area contributed by atoms with Gasteiger partial charge in [-0.15, -0.1) is 0 Å². The number of carbonyl (C=O) groups excluding carboxylic acids is 3. The summed E-state index contributed by atoms with van der Waals surface area (Å²) in [5.41, 5.74) is 1.27. The lowest BCUT2D eigenvalue weighted by Gasteiger charge is -2.27. The first-order valence-electron chi connectivity index (χ1n) is 10.2. The van der Waals surface area contributed by atoms with Crippen LogP contribution < -0.4 is 5.32 Å². The van der Waals surface area contributed by atoms with Crippen LogP contribution in [0.25, 0.3) is 0 Å². The third-order valence-electron chi connectivity index (χ3n) is 6.50. The molecule has 5 nitrogen and oxygen atoms in total. The molecule has 152 valence electrons. The number of likely N-dealkylation sites (tertiary alicyclic amines) is 1. The maximum absolute atomic E-state index is 13.3. The smallest absolute Gasteiger partial charge is 0.248 e. The van der Waals surface area contributed by atoms with Gasteiger partial charge in [0.1, 0.15) is 11.9 Å². The zero-order valence-corrected chi connectivity index (χ0v) is 16.2. The average Bonchev–Trinajstić information content (AvgIpc) is 3.43. The van der Waals surface area contributed by atoms with Gasteiger partial charge in [-0.25, -0.2) is 4.39 Å². The lowest BCUT2D eigenvalue weighted by atomic mass is 9.85. The molecule has 2 fully saturated rings. The zero-order chi connectivity index (χ0) is 20.8. The molecule has 0 radical (unpaired) electrons. The van der Waals surface area contributed by atoms with Crippen molar-refractivity contribution in [1.29, 1.82) is 0 Å². The minimum absolute atomic E-state index is 0.0824. The molecule has 1 saturated heterocycles. The van der Waals surface area contributed by atoms with E-state index >= 15 is 0 Å². The van der Waals surface area contributed by atoms with Crippen molar-refractivity contribution in [3.8, 4) is 0 Å². The van der Waals surface area contributed by atoms with Gasteiger partial charge in [-0.2, -0.15) is 0 Å². The maximum Gasteiger partial charge on any atom is 0.248 e. The summed E-state index contributed by atoms with van der Waals surface area (Å²) in [4.78, 5) is 40.9. The molecule has 3 amide bonds. The molecule has 0 unspecified atom stereocenters. The van der Waals surface area contributed by atoms with Gasteiger partial charge in [-0.05, 0) is 48.1 Å². The number of allylic oxidation sites excluding steroid dienone is 2. The third-order valence-corrected chi connectivity index (χ3v) is 6.50. The summed E-state index contributed by atoms with van der Waals surface area (Å²) < 4.78 is 13.2. The van der Waals surface area contributed by atoms with E-state index in [0.29, 0.717) is 5.69 Å². The molecule has 2 bridgehead atoms. The van der Waals surface area contributed by atoms with E-state index in [2.05, 4.69) is 5.32 Å². The number of rotatable bonds is 5. The van der Waals surface area contributed by atoms with Crippen molar-refractivity contribution in [2.24, 2.45) is 23.7 Å². The van der Waals surface area contributed by atoms with Crippen LogP contribution in [0.15, 0.2) is 66.7 Å². The van der Waals surface area contributed by atoms with Crippen LogP contribution in [-0.2, 0) is 20.8 Å². The molecule has 0 aromatic heterocycles. The number of halogens is 1. The zero-order valence-electron chi connectivity index (χ0n) is 16.2. The fourth-order valence-electron chi connectivity index (χ4n) is 5.13. The van der Waals surface area contributed by atoms with Gasteiger partial charge in [-0.1, -0.05) is 42.5 Å². The molecule has 6 heteroatoms. The number of anilines is 1. The molecular weight excluding hydrogens is 383 g/mol. The topological polar surface area (TPSA) is 66.5 Å². The first-order valence-corrected chi connectivity index (χ1v) is 10.2. The van der Waals surface area contributed by atoms with Crippen molar-refractivity contribution in [2.45, 2.75) is 18.9 Å². The molecule has 2 aromatic carbocycles. The van der Waals surface area contributed by atoms with E-state index in [1.807, 2.05) is 42.5 Å². The summed E-state index contributed by atoms with van der Waals surface area (Å²) >= 11 is 0. The van der Waals surface area contributed by atoms with Crippen LogP contribution in [-0.4, -0.2) is 28.7 Å². The molecule has 5 atom stereocenters. The van der Waals surface area contributed by atoms with Crippen LogP contribution in [0.2, 0.25) is 0 Å². The van der Waals surface area contributed by atoms with Crippen LogP contribution in [0.4, 0.5) is 10.1 Å². The van der Waals surface area contributed by atoms with Crippen molar-refractivity contribution >= 4 is 23.4 Å². The molecule has 2 aromatic rings. The number of imide groups is 1. The lowest BCUT2D eigenvalue weighted by Crippen LogP contribution is -2.49. The van der Waals surface area contributed by atoms with Crippen LogP contribution in [0.1, 0.15) is 12.0 Å². The Balaban J connectivity index is 1.45. The normalized spacial score (nSPS) is 27.4. The van der Waals surface area contributed by atoms with Gasteiger partial charge in [0.05, 0.1) is 11.8 Å². The van der Waals surface area contributed by atoms with Gasteiger partial charge >= 0.3 is 0 Å². The minimum Gasteiger partial charge on any atom is -0.324 e. The Labute approximate surface area is 173 Å². The number of fused-ring (bicyclic) bond motifs is 5. The molecule has 1 heterocycles. The van der Waals surface area contributed by atoms with Gasteiger partial charge in [-0.3, -0.25) is 19.3 Å². The quantitative estimate of drug-likeness (QED) is 0.615. The van der Waals surface area contributed by atoms with E-state index in [1.54, 1.807) is 0 Å². The summed E-state index contributed by atoms with van der Waals surface area (Å²) in [6.07, 6.45) is 5.13. The first-order chi connectivity index (χ1) is 14.5. The summed E-state index contributed by atoms with van der Waals surface area (Å²) in [7, 11) is 0. The monoisotopic (exact) mass is 404 g/mol. The number of benzene rings is 2. The number of hydrogen-bond donors (Lipinski definition) is 1. The van der Waals surface area contributed by atoms with Crippen molar-refractivity contribution in [1.82, 2.24) is 4.90 Å². The Hall–Kier alpha value is -3.28. The predicted octanol–water partition coefficient (Wildman–Crippen LogP) is 3.18. The SMILES string of the molecule is O=C(Nc1ccc(F)cc1)[C@@H](Cc1ccccc1)N1C(=O)[C@@H]2[C@@H](C1=O)[C@H]1C=C[C@H]2C1. The van der Waals surface area contributed by atoms with Gasteiger partial charge < -0.3 is 5.32 Å². The molecule has 2 aliphatic carbocycles. The fraction of sp³-hybridized carbons (Fsp3) is 0.292. The Morgan fingerprint density at radius 3 is 2.17 bits per heavy atom. The van der Waals surface area contributed by atoms with Crippen LogP contribution in [0.3, 0.4) is 0 Å².